The molecule has 2 aliphatic heterocycles. The van der Waals surface area contributed by atoms with E-state index < -0.39 is 68.0 Å². The third kappa shape index (κ3) is 8.73. The zero-order valence-electron chi connectivity index (χ0n) is 25.1. The second-order valence-electron chi connectivity index (χ2n) is 11.1. The van der Waals surface area contributed by atoms with Crippen molar-refractivity contribution in [3.8, 4) is 0 Å². The summed E-state index contributed by atoms with van der Waals surface area (Å²) < 4.78 is 43.1. The van der Waals surface area contributed by atoms with E-state index >= 15 is 0 Å². The largest absolute Gasteiger partial charge is 0.394 e. The van der Waals surface area contributed by atoms with Gasteiger partial charge in [0.1, 0.15) is 48.8 Å². The lowest BCUT2D eigenvalue weighted by Gasteiger charge is -2.46. The molecule has 5 rings (SSSR count). The number of aliphatic hydroxyl groups excluding tert-OH is 4. The van der Waals surface area contributed by atoms with Crippen molar-refractivity contribution < 1.29 is 53.6 Å². The third-order valence-electron chi connectivity index (χ3n) is 7.95. The van der Waals surface area contributed by atoms with E-state index in [1.807, 2.05) is 91.0 Å². The maximum absolute atomic E-state index is 10.6. The van der Waals surface area contributed by atoms with Crippen LogP contribution in [0.1, 0.15) is 16.7 Å². The van der Waals surface area contributed by atoms with Crippen molar-refractivity contribution in [2.75, 3.05) is 20.3 Å². The Balaban J connectivity index is 1.40. The van der Waals surface area contributed by atoms with Gasteiger partial charge in [-0.1, -0.05) is 91.0 Å². The summed E-state index contributed by atoms with van der Waals surface area (Å²) in [5.74, 6) is 0. The molecule has 4 N–H and O–H groups in total. The van der Waals surface area contributed by atoms with Gasteiger partial charge in [-0.2, -0.15) is 0 Å². The summed E-state index contributed by atoms with van der Waals surface area (Å²) >= 11 is 0. The molecule has 0 radical (unpaired) electrons. The lowest BCUT2D eigenvalue weighted by molar-refractivity contribution is -0.341. The van der Waals surface area contributed by atoms with Crippen LogP contribution in [-0.2, 0) is 53.0 Å². The Morgan fingerprint density at radius 2 is 1.00 bits per heavy atom. The number of hydrogen-bond donors (Lipinski definition) is 4. The van der Waals surface area contributed by atoms with Gasteiger partial charge in [-0.3, -0.25) is 0 Å². The van der Waals surface area contributed by atoms with E-state index in [9.17, 15) is 20.4 Å². The SMILES string of the molecule is CO[C@H]1O[C@H](CO[C@@H]2O[C@H](CO)[C@@H](O)[C@H](O)[C@H]2O)[C@@H](OCc2ccccc2)[C@H](OCc2ccccc2)[C@H]1OCc1ccccc1. The molecule has 0 unspecified atom stereocenters. The van der Waals surface area contributed by atoms with Crippen molar-refractivity contribution in [2.45, 2.75) is 81.2 Å². The van der Waals surface area contributed by atoms with Gasteiger partial charge in [0.25, 0.3) is 0 Å². The highest BCUT2D eigenvalue weighted by atomic mass is 16.7. The number of hydrogen-bond acceptors (Lipinski definition) is 11. The molecule has 2 saturated heterocycles. The predicted octanol–water partition coefficient (Wildman–Crippen LogP) is 1.93. The van der Waals surface area contributed by atoms with Crippen LogP contribution >= 0.6 is 0 Å². The van der Waals surface area contributed by atoms with Crippen molar-refractivity contribution in [3.63, 3.8) is 0 Å². The maximum atomic E-state index is 10.6. The molecule has 3 aromatic rings. The number of ether oxygens (including phenoxy) is 7. The Labute approximate surface area is 262 Å². The Kier molecular flexibility index (Phi) is 12.4. The van der Waals surface area contributed by atoms with E-state index in [0.717, 1.165) is 16.7 Å². The van der Waals surface area contributed by atoms with Gasteiger partial charge in [-0.25, -0.2) is 0 Å². The van der Waals surface area contributed by atoms with Crippen LogP contribution in [0.15, 0.2) is 91.0 Å². The van der Waals surface area contributed by atoms with Crippen LogP contribution in [0.2, 0.25) is 0 Å². The van der Waals surface area contributed by atoms with Crippen LogP contribution in [0.4, 0.5) is 0 Å². The Morgan fingerprint density at radius 3 is 1.49 bits per heavy atom. The number of methoxy groups -OCH3 is 1. The van der Waals surface area contributed by atoms with Gasteiger partial charge in [-0.15, -0.1) is 0 Å². The van der Waals surface area contributed by atoms with E-state index in [-0.39, 0.29) is 26.4 Å². The van der Waals surface area contributed by atoms with E-state index in [1.54, 1.807) is 0 Å². The first-order valence-electron chi connectivity index (χ1n) is 15.1. The first kappa shape index (κ1) is 33.6. The molecule has 0 spiro atoms. The molecule has 11 nitrogen and oxygen atoms in total. The van der Waals surface area contributed by atoms with E-state index in [4.69, 9.17) is 33.2 Å². The summed E-state index contributed by atoms with van der Waals surface area (Å²) in [6.07, 6.45) is -10.9. The van der Waals surface area contributed by atoms with Gasteiger partial charge >= 0.3 is 0 Å². The smallest absolute Gasteiger partial charge is 0.186 e. The van der Waals surface area contributed by atoms with E-state index in [1.165, 1.54) is 7.11 Å². The molecule has 11 heteroatoms. The highest BCUT2D eigenvalue weighted by Crippen LogP contribution is 2.32. The fourth-order valence-electron chi connectivity index (χ4n) is 5.46. The van der Waals surface area contributed by atoms with Crippen LogP contribution in [0.5, 0.6) is 0 Å². The number of benzene rings is 3. The van der Waals surface area contributed by atoms with Gasteiger partial charge in [0.2, 0.25) is 0 Å². The molecule has 0 bridgehead atoms. The Morgan fingerprint density at radius 1 is 0.533 bits per heavy atom. The molecule has 0 aromatic heterocycles. The minimum Gasteiger partial charge on any atom is -0.394 e. The molecule has 45 heavy (non-hydrogen) atoms. The third-order valence-corrected chi connectivity index (χ3v) is 7.95. The summed E-state index contributed by atoms with van der Waals surface area (Å²) in [5.41, 5.74) is 2.85. The molecule has 10 atom stereocenters. The molecule has 0 aliphatic carbocycles. The van der Waals surface area contributed by atoms with E-state index in [2.05, 4.69) is 0 Å². The highest BCUT2D eigenvalue weighted by Gasteiger charge is 2.50. The van der Waals surface area contributed by atoms with Crippen LogP contribution in [0.3, 0.4) is 0 Å². The predicted molar refractivity (Wildman–Crippen MR) is 160 cm³/mol. The zero-order chi connectivity index (χ0) is 31.6. The average molecular weight is 627 g/mol. The monoisotopic (exact) mass is 626 g/mol. The van der Waals surface area contributed by atoms with Crippen LogP contribution in [0, 0.1) is 0 Å². The molecule has 2 aliphatic rings. The lowest BCUT2D eigenvalue weighted by atomic mass is 9.97. The molecule has 2 heterocycles. The summed E-state index contributed by atoms with van der Waals surface area (Å²) in [5, 5.41) is 40.6. The van der Waals surface area contributed by atoms with Gasteiger partial charge in [0.15, 0.2) is 12.6 Å². The minimum absolute atomic E-state index is 0.168. The summed E-state index contributed by atoms with van der Waals surface area (Å²) in [6.45, 7) is 0.0311. The van der Waals surface area contributed by atoms with Crippen LogP contribution in [-0.4, -0.2) is 102 Å². The van der Waals surface area contributed by atoms with Crippen molar-refractivity contribution in [2.24, 2.45) is 0 Å². The summed E-state index contributed by atoms with van der Waals surface area (Å²) in [6, 6.07) is 29.1. The van der Waals surface area contributed by atoms with E-state index in [0.29, 0.717) is 0 Å². The molecular weight excluding hydrogens is 584 g/mol. The Bertz CT molecular complexity index is 1250. The quantitative estimate of drug-likeness (QED) is 0.208. The Hall–Kier alpha value is -2.78. The molecule has 3 aromatic carbocycles. The molecule has 0 amide bonds. The van der Waals surface area contributed by atoms with Gasteiger partial charge in [-0.05, 0) is 16.7 Å². The summed E-state index contributed by atoms with van der Waals surface area (Å²) in [4.78, 5) is 0. The topological polar surface area (TPSA) is 146 Å². The first-order chi connectivity index (χ1) is 22.0. The second-order valence-corrected chi connectivity index (χ2v) is 11.1. The number of rotatable bonds is 14. The minimum atomic E-state index is -1.58. The second kappa shape index (κ2) is 16.7. The van der Waals surface area contributed by atoms with Crippen molar-refractivity contribution >= 4 is 0 Å². The summed E-state index contributed by atoms with van der Waals surface area (Å²) in [7, 11) is 1.51. The first-order valence-corrected chi connectivity index (χ1v) is 15.1. The molecule has 0 saturated carbocycles. The average Bonchev–Trinajstić information content (AvgIpc) is 3.09. The van der Waals surface area contributed by atoms with Gasteiger partial charge in [0.05, 0.1) is 33.0 Å². The van der Waals surface area contributed by atoms with Crippen LogP contribution in [0.25, 0.3) is 0 Å². The maximum Gasteiger partial charge on any atom is 0.186 e. The van der Waals surface area contributed by atoms with Crippen molar-refractivity contribution in [3.05, 3.63) is 108 Å². The van der Waals surface area contributed by atoms with Crippen molar-refractivity contribution in [1.29, 1.82) is 0 Å². The molecular formula is C34H42O11. The van der Waals surface area contributed by atoms with Gasteiger partial charge < -0.3 is 53.6 Å². The van der Waals surface area contributed by atoms with Crippen LogP contribution < -0.4 is 0 Å². The van der Waals surface area contributed by atoms with Crippen molar-refractivity contribution in [1.82, 2.24) is 0 Å². The fraction of sp³-hybridized carbons (Fsp3) is 0.471. The molecule has 244 valence electrons. The normalized spacial score (nSPS) is 31.9. The molecule has 2 fully saturated rings. The highest BCUT2D eigenvalue weighted by molar-refractivity contribution is 5.15. The lowest BCUT2D eigenvalue weighted by Crippen LogP contribution is -2.63. The van der Waals surface area contributed by atoms with Gasteiger partial charge in [0, 0.05) is 7.11 Å². The standard InChI is InChI=1S/C34H42O11/c1-39-34-32(42-20-24-15-9-4-10-16-24)31(41-19-23-13-7-3-8-14-23)30(40-18-22-11-5-2-6-12-22)26(45-34)21-43-33-29(38)28(37)27(36)25(17-35)44-33/h2-16,25-38H,17-21H2,1H3/t25-,26-,27-,28+,29-,30-,31+,32-,33-,34+/m1/s1. The fourth-order valence-corrected chi connectivity index (χ4v) is 5.46. The number of aliphatic hydroxyl groups is 4. The zero-order valence-corrected chi connectivity index (χ0v) is 25.1.